The number of nitrogens with one attached hydrogen (secondary N) is 1. The average molecular weight is 406 g/mol. The number of hydrogen-bond donors (Lipinski definition) is 1. The Morgan fingerprint density at radius 2 is 1.62 bits per heavy atom. The molecular weight excluding hydrogens is 392 g/mol. The van der Waals surface area contributed by atoms with Gasteiger partial charge in [-0.2, -0.15) is 0 Å². The maximum atomic E-state index is 12.7. The summed E-state index contributed by atoms with van der Waals surface area (Å²) < 4.78 is 0.862. The number of halogens is 2. The lowest BCUT2D eigenvalue weighted by atomic mass is 10.1. The van der Waals surface area contributed by atoms with Gasteiger partial charge in [0.05, 0.1) is 5.69 Å². The minimum absolute atomic E-state index is 0.0919. The smallest absolute Gasteiger partial charge is 0.283 e. The number of benzene rings is 2. The van der Waals surface area contributed by atoms with Crippen molar-refractivity contribution < 1.29 is 9.59 Å². The van der Waals surface area contributed by atoms with Crippen LogP contribution in [-0.2, 0) is 9.59 Å². The average Bonchev–Trinajstić information content (AvgIpc) is 2.80. The minimum atomic E-state index is -0.522. The fraction of sp³-hybridized carbons (Fsp3) is 0.111. The summed E-state index contributed by atoms with van der Waals surface area (Å²) in [5.41, 5.74) is 1.60. The van der Waals surface area contributed by atoms with Gasteiger partial charge >= 0.3 is 0 Å². The van der Waals surface area contributed by atoms with Gasteiger partial charge in [0.25, 0.3) is 11.8 Å². The molecule has 0 aliphatic carbocycles. The molecule has 2 amide bonds. The molecule has 122 valence electrons. The van der Waals surface area contributed by atoms with Crippen molar-refractivity contribution in [2.45, 2.75) is 13.0 Å². The van der Waals surface area contributed by atoms with Crippen molar-refractivity contribution in [3.05, 3.63) is 75.4 Å². The van der Waals surface area contributed by atoms with Gasteiger partial charge in [-0.3, -0.25) is 9.59 Å². The van der Waals surface area contributed by atoms with Crippen LogP contribution in [0.5, 0.6) is 0 Å². The van der Waals surface area contributed by atoms with Gasteiger partial charge in [0.1, 0.15) is 10.7 Å². The number of rotatable bonds is 4. The number of imide groups is 1. The predicted octanol–water partition coefficient (Wildman–Crippen LogP) is 4.12. The molecule has 0 spiro atoms. The standard InChI is InChI=1S/C18H14BrClN2O2/c1-11(12-5-3-2-4-6-12)21-16-15(20)17(23)22(18(16)24)14-9-7-13(19)8-10-14/h2-11,21H,1H3. The van der Waals surface area contributed by atoms with Crippen LogP contribution in [0.4, 0.5) is 5.69 Å². The summed E-state index contributed by atoms with van der Waals surface area (Å²) in [5.74, 6) is -0.971. The van der Waals surface area contributed by atoms with Gasteiger partial charge in [-0.15, -0.1) is 0 Å². The van der Waals surface area contributed by atoms with Crippen molar-refractivity contribution in [2.24, 2.45) is 0 Å². The summed E-state index contributed by atoms with van der Waals surface area (Å²) in [6, 6.07) is 16.4. The van der Waals surface area contributed by atoms with E-state index < -0.39 is 11.8 Å². The Morgan fingerprint density at radius 3 is 2.25 bits per heavy atom. The molecular formula is C18H14BrClN2O2. The van der Waals surface area contributed by atoms with Crippen molar-refractivity contribution in [3.8, 4) is 0 Å². The SMILES string of the molecule is CC(NC1=C(Cl)C(=O)N(c2ccc(Br)cc2)C1=O)c1ccccc1. The van der Waals surface area contributed by atoms with Crippen LogP contribution in [0.25, 0.3) is 0 Å². The Bertz CT molecular complexity index is 819. The highest BCUT2D eigenvalue weighted by atomic mass is 79.9. The van der Waals surface area contributed by atoms with Crippen LogP contribution in [0.1, 0.15) is 18.5 Å². The van der Waals surface area contributed by atoms with Crippen LogP contribution in [0.2, 0.25) is 0 Å². The normalized spacial score (nSPS) is 15.9. The van der Waals surface area contributed by atoms with E-state index in [1.54, 1.807) is 24.3 Å². The highest BCUT2D eigenvalue weighted by Gasteiger charge is 2.39. The molecule has 2 aromatic carbocycles. The molecule has 4 nitrogen and oxygen atoms in total. The highest BCUT2D eigenvalue weighted by Crippen LogP contribution is 2.30. The second-order valence-electron chi connectivity index (χ2n) is 5.39. The predicted molar refractivity (Wildman–Crippen MR) is 97.5 cm³/mol. The molecule has 6 heteroatoms. The summed E-state index contributed by atoms with van der Waals surface area (Å²) in [6.07, 6.45) is 0. The van der Waals surface area contributed by atoms with Gasteiger partial charge in [-0.1, -0.05) is 57.9 Å². The Kier molecular flexibility index (Phi) is 4.73. The molecule has 24 heavy (non-hydrogen) atoms. The summed E-state index contributed by atoms with van der Waals surface area (Å²) in [6.45, 7) is 1.91. The zero-order chi connectivity index (χ0) is 17.3. The first-order valence-electron chi connectivity index (χ1n) is 7.34. The fourth-order valence-corrected chi connectivity index (χ4v) is 2.98. The van der Waals surface area contributed by atoms with E-state index in [4.69, 9.17) is 11.6 Å². The third-order valence-corrected chi connectivity index (χ3v) is 4.65. The summed E-state index contributed by atoms with van der Waals surface area (Å²) in [4.78, 5) is 26.1. The number of hydrogen-bond acceptors (Lipinski definition) is 3. The Labute approximate surface area is 153 Å². The summed E-state index contributed by atoms with van der Waals surface area (Å²) >= 11 is 9.46. The van der Waals surface area contributed by atoms with E-state index in [-0.39, 0.29) is 16.8 Å². The number of amides is 2. The lowest BCUT2D eigenvalue weighted by Gasteiger charge is -2.18. The largest absolute Gasteiger partial charge is 0.373 e. The number of carbonyl (C=O) groups is 2. The Balaban J connectivity index is 1.85. The van der Waals surface area contributed by atoms with Crippen LogP contribution in [0, 0.1) is 0 Å². The molecule has 0 saturated carbocycles. The maximum absolute atomic E-state index is 12.7. The van der Waals surface area contributed by atoms with E-state index in [0.29, 0.717) is 5.69 Å². The molecule has 0 fully saturated rings. The second kappa shape index (κ2) is 6.79. The van der Waals surface area contributed by atoms with Crippen LogP contribution >= 0.6 is 27.5 Å². The lowest BCUT2D eigenvalue weighted by Crippen LogP contribution is -2.34. The Hall–Kier alpha value is -2.11. The van der Waals surface area contributed by atoms with Gasteiger partial charge in [0.2, 0.25) is 0 Å². The van der Waals surface area contributed by atoms with Gasteiger partial charge in [-0.25, -0.2) is 4.90 Å². The molecule has 1 aliphatic rings. The summed E-state index contributed by atoms with van der Waals surface area (Å²) in [5, 5.41) is 2.97. The van der Waals surface area contributed by atoms with Crippen molar-refractivity contribution in [1.82, 2.24) is 5.32 Å². The first kappa shape index (κ1) is 16.7. The van der Waals surface area contributed by atoms with Gasteiger partial charge in [0.15, 0.2) is 0 Å². The third kappa shape index (κ3) is 3.09. The molecule has 1 N–H and O–H groups in total. The molecule has 2 aromatic rings. The van der Waals surface area contributed by atoms with Crippen LogP contribution < -0.4 is 10.2 Å². The zero-order valence-electron chi connectivity index (χ0n) is 12.8. The fourth-order valence-electron chi connectivity index (χ4n) is 2.49. The highest BCUT2D eigenvalue weighted by molar-refractivity contribution is 9.10. The van der Waals surface area contributed by atoms with Crippen molar-refractivity contribution >= 4 is 45.0 Å². The van der Waals surface area contributed by atoms with Gasteiger partial charge < -0.3 is 5.32 Å². The van der Waals surface area contributed by atoms with E-state index in [9.17, 15) is 9.59 Å². The number of carbonyl (C=O) groups excluding carboxylic acids is 2. The first-order valence-corrected chi connectivity index (χ1v) is 8.51. The van der Waals surface area contributed by atoms with Crippen molar-refractivity contribution in [1.29, 1.82) is 0 Å². The zero-order valence-corrected chi connectivity index (χ0v) is 15.1. The lowest BCUT2D eigenvalue weighted by molar-refractivity contribution is -0.120. The van der Waals surface area contributed by atoms with E-state index in [1.165, 1.54) is 0 Å². The van der Waals surface area contributed by atoms with Crippen LogP contribution in [-0.4, -0.2) is 11.8 Å². The van der Waals surface area contributed by atoms with E-state index >= 15 is 0 Å². The maximum Gasteiger partial charge on any atom is 0.283 e. The van der Waals surface area contributed by atoms with Crippen LogP contribution in [0.3, 0.4) is 0 Å². The van der Waals surface area contributed by atoms with Gasteiger partial charge in [-0.05, 0) is 36.8 Å². The molecule has 3 rings (SSSR count). The van der Waals surface area contributed by atoms with Crippen molar-refractivity contribution in [2.75, 3.05) is 4.90 Å². The van der Waals surface area contributed by atoms with E-state index in [2.05, 4.69) is 21.2 Å². The molecule has 0 radical (unpaired) electrons. The molecule has 1 heterocycles. The van der Waals surface area contributed by atoms with Crippen molar-refractivity contribution in [3.63, 3.8) is 0 Å². The van der Waals surface area contributed by atoms with Crippen LogP contribution in [0.15, 0.2) is 69.8 Å². The molecule has 0 bridgehead atoms. The monoisotopic (exact) mass is 404 g/mol. The minimum Gasteiger partial charge on any atom is -0.373 e. The third-order valence-electron chi connectivity index (χ3n) is 3.77. The number of nitrogens with zero attached hydrogens (tertiary/aromatic N) is 1. The summed E-state index contributed by atoms with van der Waals surface area (Å²) in [7, 11) is 0. The second-order valence-corrected chi connectivity index (χ2v) is 6.68. The Morgan fingerprint density at radius 1 is 1.00 bits per heavy atom. The van der Waals surface area contributed by atoms with E-state index in [1.807, 2.05) is 37.3 Å². The van der Waals surface area contributed by atoms with Gasteiger partial charge in [0, 0.05) is 10.5 Å². The topological polar surface area (TPSA) is 49.4 Å². The molecule has 1 atom stereocenters. The molecule has 0 aromatic heterocycles. The molecule has 1 aliphatic heterocycles. The molecule has 0 saturated heterocycles. The first-order chi connectivity index (χ1) is 11.5. The number of anilines is 1. The quantitative estimate of drug-likeness (QED) is 0.778. The molecule has 1 unspecified atom stereocenters. The van der Waals surface area contributed by atoms with E-state index in [0.717, 1.165) is 14.9 Å².